The predicted octanol–water partition coefficient (Wildman–Crippen LogP) is 8.50. The smallest absolute Gasteiger partial charge is 0.118 e. The normalized spacial score (nSPS) is 11.5. The van der Waals surface area contributed by atoms with E-state index in [0.717, 1.165) is 25.1 Å². The lowest BCUT2D eigenvalue weighted by Gasteiger charge is -2.00. The molecule has 28 heavy (non-hydrogen) atoms. The fourth-order valence-electron chi connectivity index (χ4n) is 2.06. The van der Waals surface area contributed by atoms with Crippen molar-refractivity contribution in [3.63, 3.8) is 0 Å². The van der Waals surface area contributed by atoms with Crippen molar-refractivity contribution in [2.45, 2.75) is 93.9 Å². The Morgan fingerprint density at radius 3 is 2.04 bits per heavy atom. The minimum Gasteiger partial charge on any atom is -0.497 e. The number of methoxy groups -OCH3 is 1. The van der Waals surface area contributed by atoms with Gasteiger partial charge in [0, 0.05) is 6.54 Å². The van der Waals surface area contributed by atoms with Gasteiger partial charge in [0.25, 0.3) is 0 Å². The van der Waals surface area contributed by atoms with Gasteiger partial charge in [-0.3, -0.25) is 0 Å². The van der Waals surface area contributed by atoms with E-state index in [1.807, 2.05) is 51.3 Å². The summed E-state index contributed by atoms with van der Waals surface area (Å²) in [7, 11) is 1.67. The van der Waals surface area contributed by atoms with Gasteiger partial charge in [-0.15, -0.1) is 0 Å². The summed E-state index contributed by atoms with van der Waals surface area (Å²) in [5, 5.41) is 3.24. The molecule has 0 aliphatic heterocycles. The predicted molar refractivity (Wildman–Crippen MR) is 131 cm³/mol. The molecule has 0 aliphatic carbocycles. The highest BCUT2D eigenvalue weighted by atomic mass is 16.5. The number of rotatable bonds is 12. The Morgan fingerprint density at radius 2 is 1.57 bits per heavy atom. The molecule has 0 atom stereocenters. The van der Waals surface area contributed by atoms with Gasteiger partial charge in [0.05, 0.1) is 7.11 Å². The van der Waals surface area contributed by atoms with Crippen LogP contribution in [0.15, 0.2) is 59.6 Å². The molecule has 1 N–H and O–H groups in total. The van der Waals surface area contributed by atoms with Crippen LogP contribution in [-0.2, 0) is 4.74 Å². The maximum absolute atomic E-state index is 5.18. The second kappa shape index (κ2) is 27.5. The quantitative estimate of drug-likeness (QED) is 0.156. The van der Waals surface area contributed by atoms with Gasteiger partial charge < -0.3 is 10.1 Å². The highest BCUT2D eigenvalue weighted by Crippen LogP contribution is 2.05. The zero-order valence-corrected chi connectivity index (χ0v) is 20.4. The van der Waals surface area contributed by atoms with Crippen molar-refractivity contribution >= 4 is 0 Å². The number of nitrogens with one attached hydrogen (secondary N) is 1. The van der Waals surface area contributed by atoms with Gasteiger partial charge in [-0.2, -0.15) is 0 Å². The monoisotopic (exact) mass is 391 g/mol. The zero-order valence-electron chi connectivity index (χ0n) is 20.4. The van der Waals surface area contributed by atoms with E-state index in [2.05, 4.69) is 52.1 Å². The van der Waals surface area contributed by atoms with E-state index in [-0.39, 0.29) is 0 Å². The topological polar surface area (TPSA) is 21.3 Å². The lowest BCUT2D eigenvalue weighted by Crippen LogP contribution is -2.04. The summed E-state index contributed by atoms with van der Waals surface area (Å²) in [4.78, 5) is 0. The molecule has 0 bridgehead atoms. The van der Waals surface area contributed by atoms with Crippen LogP contribution in [-0.4, -0.2) is 13.7 Å². The highest BCUT2D eigenvalue weighted by Gasteiger charge is 1.88. The van der Waals surface area contributed by atoms with Crippen LogP contribution in [0.25, 0.3) is 0 Å². The molecule has 0 heterocycles. The van der Waals surface area contributed by atoms with E-state index in [0.29, 0.717) is 0 Å². The average molecular weight is 392 g/mol. The van der Waals surface area contributed by atoms with Crippen molar-refractivity contribution < 1.29 is 4.74 Å². The largest absolute Gasteiger partial charge is 0.497 e. The number of ether oxygens (including phenoxy) is 1. The van der Waals surface area contributed by atoms with Crippen LogP contribution in [0.2, 0.25) is 0 Å². The molecule has 0 radical (unpaired) electrons. The van der Waals surface area contributed by atoms with Crippen LogP contribution in [0.3, 0.4) is 0 Å². The molecule has 0 aromatic carbocycles. The Labute approximate surface area is 177 Å². The Kier molecular flexibility index (Phi) is 30.5. The summed E-state index contributed by atoms with van der Waals surface area (Å²) in [5.74, 6) is 0.846. The molecule has 2 nitrogen and oxygen atoms in total. The van der Waals surface area contributed by atoms with Gasteiger partial charge >= 0.3 is 0 Å². The minimum absolute atomic E-state index is 0.846. The van der Waals surface area contributed by atoms with Crippen molar-refractivity contribution in [3.05, 3.63) is 59.6 Å². The summed E-state index contributed by atoms with van der Waals surface area (Å²) in [6.45, 7) is 17.8. The van der Waals surface area contributed by atoms with Gasteiger partial charge in [-0.25, -0.2) is 0 Å². The maximum atomic E-state index is 5.18. The SMILES string of the molecule is CC.CCCCCC.C\C=C/C(=C\C=C\NC/C=C(\C)CCC=C(C)C)OC. The number of allylic oxidation sites excluding steroid dienone is 7. The van der Waals surface area contributed by atoms with Crippen LogP contribution < -0.4 is 5.32 Å². The molecule has 0 amide bonds. The van der Waals surface area contributed by atoms with Gasteiger partial charge in [0.1, 0.15) is 5.76 Å². The van der Waals surface area contributed by atoms with Crippen LogP contribution in [0, 0.1) is 0 Å². The van der Waals surface area contributed by atoms with Gasteiger partial charge in [0.2, 0.25) is 0 Å². The number of hydrogen-bond donors (Lipinski definition) is 1. The first kappa shape index (κ1) is 31.0. The molecule has 0 unspecified atom stereocenters. The molecule has 0 saturated carbocycles. The Morgan fingerprint density at radius 1 is 0.964 bits per heavy atom. The molecule has 0 spiro atoms. The Balaban J connectivity index is -0.000000660. The van der Waals surface area contributed by atoms with Crippen LogP contribution in [0.1, 0.15) is 93.9 Å². The van der Waals surface area contributed by atoms with Crippen molar-refractivity contribution in [1.82, 2.24) is 5.32 Å². The molecule has 164 valence electrons. The number of hydrogen-bond acceptors (Lipinski definition) is 2. The van der Waals surface area contributed by atoms with Crippen molar-refractivity contribution in [2.24, 2.45) is 0 Å². The molecule has 0 saturated heterocycles. The minimum atomic E-state index is 0.846. The van der Waals surface area contributed by atoms with Crippen molar-refractivity contribution in [1.29, 1.82) is 0 Å². The van der Waals surface area contributed by atoms with Crippen LogP contribution in [0.4, 0.5) is 0 Å². The van der Waals surface area contributed by atoms with Crippen molar-refractivity contribution in [3.8, 4) is 0 Å². The summed E-state index contributed by atoms with van der Waals surface area (Å²) in [6.07, 6.45) is 22.0. The summed E-state index contributed by atoms with van der Waals surface area (Å²) < 4.78 is 5.18. The number of unbranched alkanes of at least 4 members (excludes halogenated alkanes) is 3. The van der Waals surface area contributed by atoms with E-state index in [9.17, 15) is 0 Å². The summed E-state index contributed by atoms with van der Waals surface area (Å²) >= 11 is 0. The molecular weight excluding hydrogens is 342 g/mol. The molecule has 0 aromatic rings. The molecule has 2 heteroatoms. The first-order valence-electron chi connectivity index (χ1n) is 11.1. The van der Waals surface area contributed by atoms with Gasteiger partial charge in [-0.1, -0.05) is 82.8 Å². The summed E-state index contributed by atoms with van der Waals surface area (Å²) in [5.41, 5.74) is 2.81. The molecule has 0 rings (SSSR count). The van der Waals surface area contributed by atoms with E-state index < -0.39 is 0 Å². The fourth-order valence-corrected chi connectivity index (χ4v) is 2.06. The first-order valence-corrected chi connectivity index (χ1v) is 11.1. The van der Waals surface area contributed by atoms with Gasteiger partial charge in [-0.05, 0) is 65.0 Å². The van der Waals surface area contributed by atoms with Gasteiger partial charge in [0.15, 0.2) is 0 Å². The van der Waals surface area contributed by atoms with Crippen molar-refractivity contribution in [2.75, 3.05) is 13.7 Å². The Bertz CT molecular complexity index is 445. The lowest BCUT2D eigenvalue weighted by molar-refractivity contribution is 0.307. The van der Waals surface area contributed by atoms with Crippen LogP contribution in [0.5, 0.6) is 0 Å². The van der Waals surface area contributed by atoms with E-state index in [4.69, 9.17) is 4.74 Å². The lowest BCUT2D eigenvalue weighted by atomic mass is 10.1. The third-order valence-corrected chi connectivity index (χ3v) is 3.66. The second-order valence-electron chi connectivity index (χ2n) is 6.62. The molecule has 0 aromatic heterocycles. The Hall–Kier alpha value is -1.70. The first-order chi connectivity index (χ1) is 13.5. The zero-order chi connectivity index (χ0) is 22.0. The van der Waals surface area contributed by atoms with E-state index in [1.54, 1.807) is 7.11 Å². The molecular formula is C26H49NO. The fraction of sp³-hybridized carbons (Fsp3) is 0.615. The maximum Gasteiger partial charge on any atom is 0.118 e. The summed E-state index contributed by atoms with van der Waals surface area (Å²) in [6, 6.07) is 0. The van der Waals surface area contributed by atoms with Crippen LogP contribution >= 0.6 is 0 Å². The third-order valence-electron chi connectivity index (χ3n) is 3.66. The molecule has 0 fully saturated rings. The second-order valence-corrected chi connectivity index (χ2v) is 6.62. The standard InChI is InChI=1S/C18H29NO.C6H14.C2H6/c1-6-9-18(20-5)12-8-14-19-15-13-17(4)11-7-10-16(2)3;1-3-5-6-4-2;1-2/h6,8-10,12-14,19H,7,11,15H2,1-5H3;3-6H2,1-2H3;1-2H3/b9-6-,14-8+,17-13+,18-12+;;. The van der Waals surface area contributed by atoms with E-state index in [1.165, 1.54) is 36.8 Å². The van der Waals surface area contributed by atoms with E-state index >= 15 is 0 Å². The third kappa shape index (κ3) is 29.1. The average Bonchev–Trinajstić information content (AvgIpc) is 2.69. The molecule has 0 aliphatic rings. The highest BCUT2D eigenvalue weighted by molar-refractivity contribution is 5.17.